The molecule has 2 aromatic carbocycles. The second kappa shape index (κ2) is 6.10. The average molecular weight is 327 g/mol. The van der Waals surface area contributed by atoms with Gasteiger partial charge in [0.15, 0.2) is 0 Å². The van der Waals surface area contributed by atoms with E-state index < -0.39 is 0 Å². The minimum absolute atomic E-state index is 0.943. The number of hydrogen-bond acceptors (Lipinski definition) is 2. The van der Waals surface area contributed by atoms with E-state index >= 15 is 0 Å². The van der Waals surface area contributed by atoms with Crippen LogP contribution in [-0.4, -0.2) is 9.38 Å². The second-order valence-corrected chi connectivity index (χ2v) is 6.50. The van der Waals surface area contributed by atoms with Gasteiger partial charge in [0, 0.05) is 17.4 Å². The topological polar surface area (TPSA) is 29.3 Å². The van der Waals surface area contributed by atoms with Gasteiger partial charge >= 0.3 is 0 Å². The molecule has 2 heterocycles. The van der Waals surface area contributed by atoms with Crippen LogP contribution in [0.2, 0.25) is 0 Å². The number of fused-ring (bicyclic) bond motifs is 1. The van der Waals surface area contributed by atoms with Gasteiger partial charge in [-0.2, -0.15) is 0 Å². The van der Waals surface area contributed by atoms with Gasteiger partial charge in [-0.1, -0.05) is 54.6 Å². The molecule has 0 aliphatic rings. The van der Waals surface area contributed by atoms with Crippen LogP contribution >= 0.6 is 0 Å². The molecule has 25 heavy (non-hydrogen) atoms. The Labute approximate surface area is 148 Å². The molecule has 4 aromatic rings. The van der Waals surface area contributed by atoms with Gasteiger partial charge in [-0.3, -0.25) is 4.40 Å². The summed E-state index contributed by atoms with van der Waals surface area (Å²) >= 11 is 0. The Balaban J connectivity index is 1.96. The molecule has 0 radical (unpaired) electrons. The fourth-order valence-corrected chi connectivity index (χ4v) is 3.20. The standard InChI is InChI=1S/C22H21N3/c1-15-12-13-19-23-21(18-10-5-4-6-11-18)22(25(19)14-15)24-20-16(2)8-7-9-17(20)3/h4-14,24H,1-3H3. The molecular formula is C22H21N3. The summed E-state index contributed by atoms with van der Waals surface area (Å²) in [5.74, 6) is 1.00. The van der Waals surface area contributed by atoms with Crippen LogP contribution in [0.1, 0.15) is 16.7 Å². The lowest BCUT2D eigenvalue weighted by molar-refractivity contribution is 1.15. The third-order valence-electron chi connectivity index (χ3n) is 4.54. The van der Waals surface area contributed by atoms with E-state index in [0.717, 1.165) is 28.4 Å². The molecule has 2 aromatic heterocycles. The Hall–Kier alpha value is -3.07. The number of benzene rings is 2. The first-order valence-corrected chi connectivity index (χ1v) is 8.51. The number of hydrogen-bond donors (Lipinski definition) is 1. The van der Waals surface area contributed by atoms with Gasteiger partial charge in [0.05, 0.1) is 0 Å². The molecule has 0 bridgehead atoms. The van der Waals surface area contributed by atoms with E-state index in [2.05, 4.69) is 79.2 Å². The molecule has 3 heteroatoms. The first kappa shape index (κ1) is 15.5. The van der Waals surface area contributed by atoms with Crippen molar-refractivity contribution in [3.05, 3.63) is 83.6 Å². The average Bonchev–Trinajstić information content (AvgIpc) is 2.97. The third kappa shape index (κ3) is 2.78. The van der Waals surface area contributed by atoms with Crippen molar-refractivity contribution in [3.63, 3.8) is 0 Å². The number of nitrogens with zero attached hydrogens (tertiary/aromatic N) is 2. The van der Waals surface area contributed by atoms with Gasteiger partial charge in [0.2, 0.25) is 0 Å². The lowest BCUT2D eigenvalue weighted by atomic mass is 10.1. The van der Waals surface area contributed by atoms with E-state index in [4.69, 9.17) is 4.98 Å². The quantitative estimate of drug-likeness (QED) is 0.525. The highest BCUT2D eigenvalue weighted by atomic mass is 15.1. The Morgan fingerprint density at radius 2 is 1.52 bits per heavy atom. The van der Waals surface area contributed by atoms with Crippen molar-refractivity contribution >= 4 is 17.2 Å². The van der Waals surface area contributed by atoms with Crippen molar-refractivity contribution < 1.29 is 0 Å². The fourth-order valence-electron chi connectivity index (χ4n) is 3.20. The predicted octanol–water partition coefficient (Wildman–Crippen LogP) is 5.67. The monoisotopic (exact) mass is 327 g/mol. The largest absolute Gasteiger partial charge is 0.339 e. The van der Waals surface area contributed by atoms with Crippen LogP contribution in [0.3, 0.4) is 0 Å². The van der Waals surface area contributed by atoms with Gasteiger partial charge in [-0.05, 0) is 43.5 Å². The van der Waals surface area contributed by atoms with Gasteiger partial charge in [0.1, 0.15) is 17.2 Å². The summed E-state index contributed by atoms with van der Waals surface area (Å²) in [6, 6.07) is 20.8. The van der Waals surface area contributed by atoms with Crippen molar-refractivity contribution in [3.8, 4) is 11.3 Å². The maximum Gasteiger partial charge on any atom is 0.143 e. The minimum Gasteiger partial charge on any atom is -0.339 e. The summed E-state index contributed by atoms with van der Waals surface area (Å²) in [7, 11) is 0. The maximum absolute atomic E-state index is 4.88. The van der Waals surface area contributed by atoms with Crippen molar-refractivity contribution in [1.29, 1.82) is 0 Å². The Morgan fingerprint density at radius 3 is 2.24 bits per heavy atom. The van der Waals surface area contributed by atoms with E-state index in [1.807, 2.05) is 18.2 Å². The van der Waals surface area contributed by atoms with Crippen LogP contribution in [0.15, 0.2) is 66.9 Å². The Morgan fingerprint density at radius 1 is 0.800 bits per heavy atom. The molecule has 0 spiro atoms. The number of imidazole rings is 1. The third-order valence-corrected chi connectivity index (χ3v) is 4.54. The molecule has 0 aliphatic carbocycles. The zero-order valence-electron chi connectivity index (χ0n) is 14.7. The van der Waals surface area contributed by atoms with Crippen LogP contribution in [0.5, 0.6) is 0 Å². The number of rotatable bonds is 3. The van der Waals surface area contributed by atoms with E-state index in [1.54, 1.807) is 0 Å². The highest BCUT2D eigenvalue weighted by Crippen LogP contribution is 2.33. The predicted molar refractivity (Wildman–Crippen MR) is 105 cm³/mol. The Kier molecular flexibility index (Phi) is 3.77. The molecular weight excluding hydrogens is 306 g/mol. The molecule has 0 aliphatic heterocycles. The van der Waals surface area contributed by atoms with Crippen molar-refractivity contribution in [1.82, 2.24) is 9.38 Å². The summed E-state index contributed by atoms with van der Waals surface area (Å²) < 4.78 is 2.14. The highest BCUT2D eigenvalue weighted by molar-refractivity contribution is 5.81. The summed E-state index contributed by atoms with van der Waals surface area (Å²) in [4.78, 5) is 4.88. The fraction of sp³-hybridized carbons (Fsp3) is 0.136. The Bertz CT molecular complexity index is 1030. The molecule has 4 rings (SSSR count). The number of nitrogens with one attached hydrogen (secondary N) is 1. The van der Waals surface area contributed by atoms with Gasteiger partial charge in [0.25, 0.3) is 0 Å². The van der Waals surface area contributed by atoms with Crippen LogP contribution in [0.4, 0.5) is 11.5 Å². The van der Waals surface area contributed by atoms with Gasteiger partial charge in [-0.15, -0.1) is 0 Å². The summed E-state index contributed by atoms with van der Waals surface area (Å²) in [5.41, 5.74) is 7.81. The molecule has 0 saturated carbocycles. The minimum atomic E-state index is 0.943. The summed E-state index contributed by atoms with van der Waals surface area (Å²) in [6.45, 7) is 6.36. The van der Waals surface area contributed by atoms with Crippen molar-refractivity contribution in [2.45, 2.75) is 20.8 Å². The van der Waals surface area contributed by atoms with Crippen molar-refractivity contribution in [2.75, 3.05) is 5.32 Å². The highest BCUT2D eigenvalue weighted by Gasteiger charge is 2.15. The first-order valence-electron chi connectivity index (χ1n) is 8.51. The molecule has 124 valence electrons. The molecule has 3 nitrogen and oxygen atoms in total. The normalized spacial score (nSPS) is 11.0. The lowest BCUT2D eigenvalue weighted by Crippen LogP contribution is -2.01. The van der Waals surface area contributed by atoms with E-state index in [-0.39, 0.29) is 0 Å². The number of anilines is 2. The zero-order chi connectivity index (χ0) is 17.4. The molecule has 0 unspecified atom stereocenters. The van der Waals surface area contributed by atoms with Crippen LogP contribution in [-0.2, 0) is 0 Å². The van der Waals surface area contributed by atoms with E-state index in [0.29, 0.717) is 0 Å². The molecule has 1 N–H and O–H groups in total. The lowest BCUT2D eigenvalue weighted by Gasteiger charge is -2.14. The second-order valence-electron chi connectivity index (χ2n) is 6.50. The zero-order valence-corrected chi connectivity index (χ0v) is 14.7. The summed E-state index contributed by atoms with van der Waals surface area (Å²) in [5, 5.41) is 3.66. The number of para-hydroxylation sites is 1. The van der Waals surface area contributed by atoms with Gasteiger partial charge in [-0.25, -0.2) is 4.98 Å². The molecule has 0 amide bonds. The van der Waals surface area contributed by atoms with Crippen LogP contribution in [0.25, 0.3) is 16.9 Å². The smallest absolute Gasteiger partial charge is 0.143 e. The van der Waals surface area contributed by atoms with E-state index in [9.17, 15) is 0 Å². The molecule has 0 fully saturated rings. The molecule has 0 saturated heterocycles. The van der Waals surface area contributed by atoms with Gasteiger partial charge < -0.3 is 5.32 Å². The van der Waals surface area contributed by atoms with Crippen molar-refractivity contribution in [2.24, 2.45) is 0 Å². The van der Waals surface area contributed by atoms with Crippen LogP contribution < -0.4 is 5.32 Å². The maximum atomic E-state index is 4.88. The number of aryl methyl sites for hydroxylation is 3. The number of pyridine rings is 1. The first-order chi connectivity index (χ1) is 12.1. The molecule has 0 atom stereocenters. The van der Waals surface area contributed by atoms with E-state index in [1.165, 1.54) is 16.7 Å². The van der Waals surface area contributed by atoms with Crippen LogP contribution in [0, 0.1) is 20.8 Å². The number of aromatic nitrogens is 2. The SMILES string of the molecule is Cc1ccc2nc(-c3ccccc3)c(Nc3c(C)cccc3C)n2c1. The summed E-state index contributed by atoms with van der Waals surface area (Å²) in [6.07, 6.45) is 2.13.